The minimum atomic E-state index is -0.396. The summed E-state index contributed by atoms with van der Waals surface area (Å²) in [7, 11) is 0. The Morgan fingerprint density at radius 3 is 2.19 bits per heavy atom. The predicted octanol–water partition coefficient (Wildman–Crippen LogP) is 2.72. The van der Waals surface area contributed by atoms with Crippen LogP contribution in [0.4, 0.5) is 0 Å². The molecule has 0 bridgehead atoms. The van der Waals surface area contributed by atoms with Crippen molar-refractivity contribution in [3.63, 3.8) is 0 Å². The van der Waals surface area contributed by atoms with Crippen LogP contribution in [0.1, 0.15) is 66.7 Å². The van der Waals surface area contributed by atoms with Crippen LogP contribution < -0.4 is 5.32 Å². The molecule has 0 spiro atoms. The van der Waals surface area contributed by atoms with Gasteiger partial charge in [0, 0.05) is 6.04 Å². The van der Waals surface area contributed by atoms with E-state index in [1.807, 2.05) is 32.6 Å². The SMILES string of the molecule is CCC1C(=O)NC(C(C)(C)C)C(=O)N1C1CCC(C)CC1. The van der Waals surface area contributed by atoms with E-state index in [1.54, 1.807) is 0 Å². The normalized spacial score (nSPS) is 34.8. The van der Waals surface area contributed by atoms with Gasteiger partial charge in [-0.15, -0.1) is 0 Å². The molecule has 0 radical (unpaired) electrons. The maximum atomic E-state index is 13.0. The summed E-state index contributed by atoms with van der Waals surface area (Å²) < 4.78 is 0. The second-order valence-electron chi connectivity index (χ2n) is 7.89. The van der Waals surface area contributed by atoms with Crippen molar-refractivity contribution in [1.29, 1.82) is 0 Å². The Bertz CT molecular complexity index is 406. The number of carbonyl (C=O) groups is 2. The van der Waals surface area contributed by atoms with Gasteiger partial charge in [-0.2, -0.15) is 0 Å². The van der Waals surface area contributed by atoms with Gasteiger partial charge in [-0.1, -0.05) is 34.6 Å². The zero-order valence-electron chi connectivity index (χ0n) is 14.1. The number of nitrogens with zero attached hydrogens (tertiary/aromatic N) is 1. The minimum Gasteiger partial charge on any atom is -0.342 e. The second-order valence-corrected chi connectivity index (χ2v) is 7.89. The highest BCUT2D eigenvalue weighted by molar-refractivity contribution is 5.97. The van der Waals surface area contributed by atoms with Crippen molar-refractivity contribution in [2.45, 2.75) is 84.8 Å². The van der Waals surface area contributed by atoms with E-state index in [0.29, 0.717) is 6.42 Å². The monoisotopic (exact) mass is 294 g/mol. The summed E-state index contributed by atoms with van der Waals surface area (Å²) >= 11 is 0. The molecule has 1 saturated carbocycles. The molecule has 2 fully saturated rings. The first-order chi connectivity index (χ1) is 9.75. The van der Waals surface area contributed by atoms with Crippen molar-refractivity contribution in [2.24, 2.45) is 11.3 Å². The van der Waals surface area contributed by atoms with E-state index in [1.165, 1.54) is 0 Å². The number of amides is 2. The fraction of sp³-hybridized carbons (Fsp3) is 0.882. The molecule has 2 aliphatic rings. The molecule has 4 nitrogen and oxygen atoms in total. The van der Waals surface area contributed by atoms with Gasteiger partial charge in [0.25, 0.3) is 0 Å². The summed E-state index contributed by atoms with van der Waals surface area (Å²) in [4.78, 5) is 27.4. The Morgan fingerprint density at radius 2 is 1.71 bits per heavy atom. The van der Waals surface area contributed by atoms with E-state index in [0.717, 1.165) is 31.6 Å². The lowest BCUT2D eigenvalue weighted by atomic mass is 9.81. The molecule has 2 rings (SSSR count). The van der Waals surface area contributed by atoms with Gasteiger partial charge in [0.2, 0.25) is 11.8 Å². The Kier molecular flexibility index (Phi) is 4.64. The molecule has 0 aromatic carbocycles. The van der Waals surface area contributed by atoms with E-state index >= 15 is 0 Å². The van der Waals surface area contributed by atoms with Crippen LogP contribution in [0.3, 0.4) is 0 Å². The van der Waals surface area contributed by atoms with Crippen LogP contribution in [0.5, 0.6) is 0 Å². The molecule has 1 saturated heterocycles. The fourth-order valence-electron chi connectivity index (χ4n) is 3.65. The third-order valence-electron chi connectivity index (χ3n) is 5.06. The van der Waals surface area contributed by atoms with E-state index in [2.05, 4.69) is 12.2 Å². The average molecular weight is 294 g/mol. The van der Waals surface area contributed by atoms with E-state index in [-0.39, 0.29) is 29.3 Å². The minimum absolute atomic E-state index is 0.0237. The molecule has 2 amide bonds. The number of nitrogens with one attached hydrogen (secondary N) is 1. The molecule has 1 aliphatic carbocycles. The van der Waals surface area contributed by atoms with Crippen molar-refractivity contribution in [2.75, 3.05) is 0 Å². The van der Waals surface area contributed by atoms with Crippen LogP contribution >= 0.6 is 0 Å². The van der Waals surface area contributed by atoms with Crippen LogP contribution in [-0.2, 0) is 9.59 Å². The Balaban J connectivity index is 2.25. The number of carbonyl (C=O) groups excluding carboxylic acids is 2. The smallest absolute Gasteiger partial charge is 0.246 e. The largest absolute Gasteiger partial charge is 0.342 e. The molecule has 1 N–H and O–H groups in total. The summed E-state index contributed by atoms with van der Waals surface area (Å²) in [6, 6.07) is -0.434. The number of rotatable bonds is 2. The molecule has 4 heteroatoms. The Morgan fingerprint density at radius 1 is 1.14 bits per heavy atom. The van der Waals surface area contributed by atoms with Crippen LogP contribution in [0.25, 0.3) is 0 Å². The molecule has 1 heterocycles. The molecule has 2 atom stereocenters. The summed E-state index contributed by atoms with van der Waals surface area (Å²) in [5.74, 6) is 0.887. The Labute approximate surface area is 128 Å². The van der Waals surface area contributed by atoms with Crippen molar-refractivity contribution >= 4 is 11.8 Å². The maximum Gasteiger partial charge on any atom is 0.246 e. The number of piperazine rings is 1. The quantitative estimate of drug-likeness (QED) is 0.851. The van der Waals surface area contributed by atoms with Gasteiger partial charge in [-0.05, 0) is 43.4 Å². The van der Waals surface area contributed by atoms with Crippen LogP contribution in [0.2, 0.25) is 0 Å². The van der Waals surface area contributed by atoms with Gasteiger partial charge in [-0.3, -0.25) is 9.59 Å². The second kappa shape index (κ2) is 5.98. The zero-order chi connectivity index (χ0) is 15.8. The highest BCUT2D eigenvalue weighted by atomic mass is 16.2. The van der Waals surface area contributed by atoms with Crippen molar-refractivity contribution in [3.05, 3.63) is 0 Å². The molecule has 0 aromatic rings. The van der Waals surface area contributed by atoms with E-state index < -0.39 is 6.04 Å². The van der Waals surface area contributed by atoms with Gasteiger partial charge in [0.1, 0.15) is 12.1 Å². The average Bonchev–Trinajstić information content (AvgIpc) is 2.40. The van der Waals surface area contributed by atoms with Crippen LogP contribution in [-0.4, -0.2) is 34.8 Å². The van der Waals surface area contributed by atoms with Crippen molar-refractivity contribution < 1.29 is 9.59 Å². The molecular weight excluding hydrogens is 264 g/mol. The summed E-state index contributed by atoms with van der Waals surface area (Å²) in [6.07, 6.45) is 5.08. The highest BCUT2D eigenvalue weighted by Gasteiger charge is 2.47. The molecule has 1 aliphatic heterocycles. The lowest BCUT2D eigenvalue weighted by Gasteiger charge is -2.47. The summed E-state index contributed by atoms with van der Waals surface area (Å²) in [5, 5.41) is 2.95. The van der Waals surface area contributed by atoms with Crippen LogP contribution in [0.15, 0.2) is 0 Å². The molecule has 2 unspecified atom stereocenters. The zero-order valence-corrected chi connectivity index (χ0v) is 14.1. The van der Waals surface area contributed by atoms with Gasteiger partial charge in [-0.25, -0.2) is 0 Å². The van der Waals surface area contributed by atoms with E-state index in [9.17, 15) is 9.59 Å². The predicted molar refractivity (Wildman–Crippen MR) is 83.7 cm³/mol. The highest BCUT2D eigenvalue weighted by Crippen LogP contribution is 2.33. The molecule has 0 aromatic heterocycles. The first-order valence-electron chi connectivity index (χ1n) is 8.38. The van der Waals surface area contributed by atoms with Gasteiger partial charge in [0.05, 0.1) is 0 Å². The summed E-state index contributed by atoms with van der Waals surface area (Å²) in [5.41, 5.74) is -0.244. The molecule has 21 heavy (non-hydrogen) atoms. The molecule has 120 valence electrons. The fourth-order valence-corrected chi connectivity index (χ4v) is 3.65. The third kappa shape index (κ3) is 3.24. The maximum absolute atomic E-state index is 13.0. The summed E-state index contributed by atoms with van der Waals surface area (Å²) in [6.45, 7) is 10.3. The molecular formula is C17H30N2O2. The topological polar surface area (TPSA) is 49.4 Å². The number of hydrogen-bond donors (Lipinski definition) is 1. The first kappa shape index (κ1) is 16.3. The van der Waals surface area contributed by atoms with Crippen molar-refractivity contribution in [1.82, 2.24) is 10.2 Å². The van der Waals surface area contributed by atoms with Gasteiger partial charge < -0.3 is 10.2 Å². The van der Waals surface area contributed by atoms with Gasteiger partial charge >= 0.3 is 0 Å². The van der Waals surface area contributed by atoms with E-state index in [4.69, 9.17) is 0 Å². The lowest BCUT2D eigenvalue weighted by molar-refractivity contribution is -0.156. The van der Waals surface area contributed by atoms with Crippen LogP contribution in [0, 0.1) is 11.3 Å². The number of hydrogen-bond acceptors (Lipinski definition) is 2. The van der Waals surface area contributed by atoms with Crippen molar-refractivity contribution in [3.8, 4) is 0 Å². The standard InChI is InChI=1S/C17H30N2O2/c1-6-13-15(20)18-14(17(3,4)5)16(21)19(13)12-9-7-11(2)8-10-12/h11-14H,6-10H2,1-5H3,(H,18,20). The lowest BCUT2D eigenvalue weighted by Crippen LogP contribution is -2.68. The first-order valence-corrected chi connectivity index (χ1v) is 8.38. The third-order valence-corrected chi connectivity index (χ3v) is 5.06. The van der Waals surface area contributed by atoms with Gasteiger partial charge in [0.15, 0.2) is 0 Å². The Hall–Kier alpha value is -1.06.